The van der Waals surface area contributed by atoms with Crippen LogP contribution in [0.5, 0.6) is 0 Å². The van der Waals surface area contributed by atoms with Crippen LogP contribution < -0.4 is 0 Å². The molecule has 0 aliphatic rings. The maximum absolute atomic E-state index is 10.6. The van der Waals surface area contributed by atoms with Crippen LogP contribution in [0.25, 0.3) is 0 Å². The molecule has 0 unspecified atom stereocenters. The standard InChI is InChI=1S/C13H26O3Si/c1-11(8-9-15-12(2)14)10-16-17(6,7)13(3,4)5/h8H,9-10H2,1-7H3. The van der Waals surface area contributed by atoms with Crippen LogP contribution >= 0.6 is 0 Å². The lowest BCUT2D eigenvalue weighted by atomic mass is 10.2. The highest BCUT2D eigenvalue weighted by Gasteiger charge is 2.36. The first-order valence-corrected chi connectivity index (χ1v) is 8.90. The van der Waals surface area contributed by atoms with E-state index in [0.717, 1.165) is 5.57 Å². The summed E-state index contributed by atoms with van der Waals surface area (Å²) in [7, 11) is -1.68. The Morgan fingerprint density at radius 1 is 1.24 bits per heavy atom. The molecule has 0 rings (SSSR count). The second-order valence-electron chi connectivity index (χ2n) is 5.90. The molecular weight excluding hydrogens is 232 g/mol. The maximum atomic E-state index is 10.6. The van der Waals surface area contributed by atoms with Gasteiger partial charge in [0.15, 0.2) is 8.32 Å². The molecule has 0 radical (unpaired) electrons. The molecule has 0 atom stereocenters. The van der Waals surface area contributed by atoms with E-state index in [0.29, 0.717) is 13.2 Å². The predicted molar refractivity (Wildman–Crippen MR) is 73.5 cm³/mol. The van der Waals surface area contributed by atoms with Crippen LogP contribution in [-0.2, 0) is 14.0 Å². The van der Waals surface area contributed by atoms with Crippen molar-refractivity contribution in [3.63, 3.8) is 0 Å². The van der Waals surface area contributed by atoms with Gasteiger partial charge < -0.3 is 9.16 Å². The Morgan fingerprint density at radius 2 is 1.76 bits per heavy atom. The summed E-state index contributed by atoms with van der Waals surface area (Å²) in [5, 5.41) is 0.225. The number of rotatable bonds is 5. The summed E-state index contributed by atoms with van der Waals surface area (Å²) < 4.78 is 10.9. The van der Waals surface area contributed by atoms with Gasteiger partial charge >= 0.3 is 5.97 Å². The number of hydrogen-bond acceptors (Lipinski definition) is 3. The molecule has 0 aromatic rings. The van der Waals surface area contributed by atoms with Crippen molar-refractivity contribution < 1.29 is 14.0 Å². The molecule has 0 amide bonds. The average Bonchev–Trinajstić information content (AvgIpc) is 2.12. The Bertz CT molecular complexity index is 288. The quantitative estimate of drug-likeness (QED) is 0.430. The third kappa shape index (κ3) is 6.63. The maximum Gasteiger partial charge on any atom is 0.302 e. The molecule has 0 bridgehead atoms. The third-order valence-electron chi connectivity index (χ3n) is 3.19. The van der Waals surface area contributed by atoms with E-state index in [-0.39, 0.29) is 11.0 Å². The second-order valence-corrected chi connectivity index (χ2v) is 10.7. The molecular formula is C13H26O3Si. The molecule has 4 heteroatoms. The van der Waals surface area contributed by atoms with Gasteiger partial charge in [0, 0.05) is 6.92 Å². The fourth-order valence-corrected chi connectivity index (χ4v) is 1.89. The van der Waals surface area contributed by atoms with Gasteiger partial charge in [0.2, 0.25) is 0 Å². The molecule has 0 aromatic carbocycles. The van der Waals surface area contributed by atoms with Gasteiger partial charge in [-0.1, -0.05) is 20.8 Å². The fourth-order valence-electron chi connectivity index (χ4n) is 0.871. The van der Waals surface area contributed by atoms with Crippen molar-refractivity contribution in [2.75, 3.05) is 13.2 Å². The molecule has 0 saturated heterocycles. The minimum Gasteiger partial charge on any atom is -0.462 e. The number of ether oxygens (including phenoxy) is 1. The first kappa shape index (κ1) is 16.4. The van der Waals surface area contributed by atoms with Crippen molar-refractivity contribution >= 4 is 14.3 Å². The predicted octanol–water partition coefficient (Wildman–Crippen LogP) is 3.52. The van der Waals surface area contributed by atoms with Crippen LogP contribution in [0.15, 0.2) is 11.6 Å². The highest BCUT2D eigenvalue weighted by atomic mass is 28.4. The first-order valence-electron chi connectivity index (χ1n) is 5.99. The van der Waals surface area contributed by atoms with Crippen molar-refractivity contribution in [2.24, 2.45) is 0 Å². The van der Waals surface area contributed by atoms with E-state index >= 15 is 0 Å². The molecule has 0 saturated carbocycles. The largest absolute Gasteiger partial charge is 0.462 e. The van der Waals surface area contributed by atoms with Crippen molar-refractivity contribution in [2.45, 2.75) is 52.8 Å². The molecule has 3 nitrogen and oxygen atoms in total. The van der Waals surface area contributed by atoms with E-state index in [1.54, 1.807) is 0 Å². The van der Waals surface area contributed by atoms with Crippen molar-refractivity contribution in [3.05, 3.63) is 11.6 Å². The van der Waals surface area contributed by atoms with E-state index in [9.17, 15) is 4.79 Å². The van der Waals surface area contributed by atoms with Crippen molar-refractivity contribution in [3.8, 4) is 0 Å². The smallest absolute Gasteiger partial charge is 0.302 e. The Kier molecular flexibility index (Phi) is 6.13. The molecule has 0 N–H and O–H groups in total. The van der Waals surface area contributed by atoms with Crippen LogP contribution in [0.2, 0.25) is 18.1 Å². The highest BCUT2D eigenvalue weighted by molar-refractivity contribution is 6.74. The van der Waals surface area contributed by atoms with Gasteiger partial charge in [0.1, 0.15) is 6.61 Å². The molecule has 0 aliphatic carbocycles. The monoisotopic (exact) mass is 258 g/mol. The second kappa shape index (κ2) is 6.35. The Balaban J connectivity index is 4.15. The van der Waals surface area contributed by atoms with E-state index in [4.69, 9.17) is 9.16 Å². The van der Waals surface area contributed by atoms with Crippen LogP contribution in [0, 0.1) is 0 Å². The Labute approximate surface area is 106 Å². The molecule has 17 heavy (non-hydrogen) atoms. The van der Waals surface area contributed by atoms with Gasteiger partial charge in [0.25, 0.3) is 0 Å². The minimum atomic E-state index is -1.68. The fraction of sp³-hybridized carbons (Fsp3) is 0.769. The van der Waals surface area contributed by atoms with E-state index < -0.39 is 8.32 Å². The van der Waals surface area contributed by atoms with Gasteiger partial charge in [-0.15, -0.1) is 0 Å². The zero-order valence-electron chi connectivity index (χ0n) is 12.2. The zero-order valence-corrected chi connectivity index (χ0v) is 13.2. The summed E-state index contributed by atoms with van der Waals surface area (Å²) in [5.74, 6) is -0.251. The summed E-state index contributed by atoms with van der Waals surface area (Å²) in [4.78, 5) is 10.6. The van der Waals surface area contributed by atoms with E-state index in [1.165, 1.54) is 6.92 Å². The first-order chi connectivity index (χ1) is 7.56. The highest BCUT2D eigenvalue weighted by Crippen LogP contribution is 2.36. The normalized spacial score (nSPS) is 13.7. The van der Waals surface area contributed by atoms with Crippen LogP contribution in [0.4, 0.5) is 0 Å². The summed E-state index contributed by atoms with van der Waals surface area (Å²) in [6.07, 6.45) is 1.90. The molecule has 0 fully saturated rings. The van der Waals surface area contributed by atoms with Crippen molar-refractivity contribution in [1.82, 2.24) is 0 Å². The summed E-state index contributed by atoms with van der Waals surface area (Å²) >= 11 is 0. The van der Waals surface area contributed by atoms with Crippen LogP contribution in [-0.4, -0.2) is 27.5 Å². The lowest BCUT2D eigenvalue weighted by molar-refractivity contribution is -0.139. The SMILES string of the molecule is CC(=O)OCC=C(C)CO[Si](C)(C)C(C)(C)C. The minimum absolute atomic E-state index is 0.225. The van der Waals surface area contributed by atoms with Gasteiger partial charge in [-0.25, -0.2) is 0 Å². The molecule has 100 valence electrons. The lowest BCUT2D eigenvalue weighted by Gasteiger charge is -2.36. The molecule has 0 aliphatic heterocycles. The third-order valence-corrected chi connectivity index (χ3v) is 7.66. The summed E-state index contributed by atoms with van der Waals surface area (Å²) in [5.41, 5.74) is 1.11. The van der Waals surface area contributed by atoms with Gasteiger partial charge in [-0.05, 0) is 36.7 Å². The zero-order chi connectivity index (χ0) is 13.7. The van der Waals surface area contributed by atoms with Crippen molar-refractivity contribution in [1.29, 1.82) is 0 Å². The topological polar surface area (TPSA) is 35.5 Å². The molecule has 0 aromatic heterocycles. The summed E-state index contributed by atoms with van der Waals surface area (Å²) in [6.45, 7) is 15.5. The number of carbonyl (C=O) groups is 1. The van der Waals surface area contributed by atoms with Gasteiger partial charge in [-0.2, -0.15) is 0 Å². The number of hydrogen-bond donors (Lipinski definition) is 0. The van der Waals surface area contributed by atoms with Gasteiger partial charge in [-0.3, -0.25) is 4.79 Å². The van der Waals surface area contributed by atoms with E-state index in [1.807, 2.05) is 13.0 Å². The van der Waals surface area contributed by atoms with Gasteiger partial charge in [0.05, 0.1) is 6.61 Å². The number of esters is 1. The lowest BCUT2D eigenvalue weighted by Crippen LogP contribution is -2.41. The van der Waals surface area contributed by atoms with Crippen LogP contribution in [0.1, 0.15) is 34.6 Å². The number of carbonyl (C=O) groups excluding carboxylic acids is 1. The Morgan fingerprint density at radius 3 is 2.18 bits per heavy atom. The molecule has 0 heterocycles. The summed E-state index contributed by atoms with van der Waals surface area (Å²) in [6, 6.07) is 0. The molecule has 0 spiro atoms. The van der Waals surface area contributed by atoms with Crippen LogP contribution in [0.3, 0.4) is 0 Å². The average molecular weight is 258 g/mol. The Hall–Kier alpha value is -0.613. The van der Waals surface area contributed by atoms with E-state index in [2.05, 4.69) is 33.9 Å².